The Bertz CT molecular complexity index is 635. The number of carbonyl (C=O) groups is 1. The molecule has 0 bridgehead atoms. The molecule has 1 fully saturated rings. The quantitative estimate of drug-likeness (QED) is 0.631. The van der Waals surface area contributed by atoms with Gasteiger partial charge in [-0.05, 0) is 83.0 Å². The minimum absolute atomic E-state index is 0.226. The van der Waals surface area contributed by atoms with Crippen LogP contribution in [0, 0.1) is 0 Å². The first-order valence-corrected chi connectivity index (χ1v) is 8.94. The molecule has 130 valence electrons. The van der Waals surface area contributed by atoms with E-state index in [0.29, 0.717) is 12.2 Å². The van der Waals surface area contributed by atoms with Crippen LogP contribution in [0.4, 0.5) is 0 Å². The number of esters is 1. The van der Waals surface area contributed by atoms with Crippen molar-refractivity contribution in [2.45, 2.75) is 71.5 Å². The molecular weight excluding hydrogens is 303 g/mol. The van der Waals surface area contributed by atoms with Gasteiger partial charge in [-0.15, -0.1) is 0 Å². The highest BCUT2D eigenvalue weighted by molar-refractivity contribution is 6.62. The fourth-order valence-electron chi connectivity index (χ4n) is 3.49. The summed E-state index contributed by atoms with van der Waals surface area (Å²) in [7, 11) is -0.377. The van der Waals surface area contributed by atoms with E-state index >= 15 is 0 Å². The summed E-state index contributed by atoms with van der Waals surface area (Å²) < 4.78 is 17.7. The third-order valence-corrected chi connectivity index (χ3v) is 5.57. The lowest BCUT2D eigenvalue weighted by atomic mass is 9.70. The Labute approximate surface area is 145 Å². The summed E-state index contributed by atoms with van der Waals surface area (Å²) in [6.45, 7) is 10.5. The van der Waals surface area contributed by atoms with Crippen LogP contribution in [0.1, 0.15) is 68.9 Å². The minimum Gasteiger partial charge on any atom is -0.462 e. The lowest BCUT2D eigenvalue weighted by molar-refractivity contribution is 0.00578. The van der Waals surface area contributed by atoms with Crippen molar-refractivity contribution in [1.29, 1.82) is 0 Å². The molecule has 4 nitrogen and oxygen atoms in total. The average molecular weight is 330 g/mol. The highest BCUT2D eigenvalue weighted by Crippen LogP contribution is 2.37. The molecule has 0 radical (unpaired) electrons. The Morgan fingerprint density at radius 2 is 1.67 bits per heavy atom. The van der Waals surface area contributed by atoms with Crippen LogP contribution < -0.4 is 5.46 Å². The Hall–Kier alpha value is -1.33. The zero-order valence-corrected chi connectivity index (χ0v) is 15.4. The second-order valence-corrected chi connectivity index (χ2v) is 7.68. The van der Waals surface area contributed by atoms with E-state index in [0.717, 1.165) is 36.7 Å². The topological polar surface area (TPSA) is 44.8 Å². The zero-order chi connectivity index (χ0) is 17.5. The first-order chi connectivity index (χ1) is 11.3. The molecule has 24 heavy (non-hydrogen) atoms. The van der Waals surface area contributed by atoms with E-state index in [1.54, 1.807) is 0 Å². The van der Waals surface area contributed by atoms with Gasteiger partial charge in [0, 0.05) is 0 Å². The van der Waals surface area contributed by atoms with Gasteiger partial charge in [0.05, 0.1) is 23.4 Å². The molecule has 1 aliphatic heterocycles. The SMILES string of the molecule is CCOC(=O)c1ccc(B2OC(C)(C)C(C)(C)O2)c2c1CCCC2. The molecule has 0 aromatic heterocycles. The van der Waals surface area contributed by atoms with Gasteiger partial charge in [0.25, 0.3) is 0 Å². The number of hydrogen-bond acceptors (Lipinski definition) is 4. The van der Waals surface area contributed by atoms with Crippen LogP contribution in [0.25, 0.3) is 0 Å². The molecule has 1 aromatic rings. The minimum atomic E-state index is -0.377. The molecule has 1 heterocycles. The van der Waals surface area contributed by atoms with E-state index in [4.69, 9.17) is 14.0 Å². The van der Waals surface area contributed by atoms with Crippen LogP contribution in [-0.2, 0) is 26.9 Å². The number of ether oxygens (including phenoxy) is 1. The van der Waals surface area contributed by atoms with Crippen LogP contribution in [-0.4, -0.2) is 30.9 Å². The van der Waals surface area contributed by atoms with Crippen LogP contribution >= 0.6 is 0 Å². The van der Waals surface area contributed by atoms with Crippen molar-refractivity contribution in [2.24, 2.45) is 0 Å². The van der Waals surface area contributed by atoms with Gasteiger partial charge in [0.15, 0.2) is 0 Å². The van der Waals surface area contributed by atoms with Crippen molar-refractivity contribution in [3.05, 3.63) is 28.8 Å². The van der Waals surface area contributed by atoms with E-state index in [9.17, 15) is 4.79 Å². The summed E-state index contributed by atoms with van der Waals surface area (Å²) in [6.07, 6.45) is 4.11. The second-order valence-electron chi connectivity index (χ2n) is 7.68. The lowest BCUT2D eigenvalue weighted by Crippen LogP contribution is -2.41. The van der Waals surface area contributed by atoms with Crippen molar-refractivity contribution in [1.82, 2.24) is 0 Å². The molecule has 0 spiro atoms. The Morgan fingerprint density at radius 1 is 1.08 bits per heavy atom. The standard InChI is InChI=1S/C19H27BO4/c1-6-22-17(21)15-11-12-16(14-10-8-7-9-13(14)15)20-23-18(2,3)19(4,5)24-20/h11-12H,6-10H2,1-5H3. The average Bonchev–Trinajstić information content (AvgIpc) is 2.74. The molecule has 0 atom stereocenters. The highest BCUT2D eigenvalue weighted by atomic mass is 16.7. The van der Waals surface area contributed by atoms with E-state index in [-0.39, 0.29) is 24.3 Å². The molecule has 2 aliphatic rings. The maximum atomic E-state index is 12.3. The lowest BCUT2D eigenvalue weighted by Gasteiger charge is -2.32. The third-order valence-electron chi connectivity index (χ3n) is 5.57. The smallest absolute Gasteiger partial charge is 0.462 e. The van der Waals surface area contributed by atoms with Gasteiger partial charge in [-0.3, -0.25) is 0 Å². The van der Waals surface area contributed by atoms with Gasteiger partial charge < -0.3 is 14.0 Å². The largest absolute Gasteiger partial charge is 0.495 e. The zero-order valence-electron chi connectivity index (χ0n) is 15.4. The maximum Gasteiger partial charge on any atom is 0.495 e. The predicted octanol–water partition coefficient (Wildman–Crippen LogP) is 3.04. The monoisotopic (exact) mass is 330 g/mol. The number of rotatable bonds is 3. The van der Waals surface area contributed by atoms with Gasteiger partial charge in [-0.2, -0.15) is 0 Å². The molecule has 0 N–H and O–H groups in total. The summed E-state index contributed by atoms with van der Waals surface area (Å²) in [5.74, 6) is -0.226. The van der Waals surface area contributed by atoms with Crippen LogP contribution in [0.2, 0.25) is 0 Å². The maximum absolute atomic E-state index is 12.3. The van der Waals surface area contributed by atoms with E-state index < -0.39 is 0 Å². The van der Waals surface area contributed by atoms with Gasteiger partial charge in [-0.1, -0.05) is 6.07 Å². The summed E-state index contributed by atoms with van der Waals surface area (Å²) >= 11 is 0. The number of benzene rings is 1. The summed E-state index contributed by atoms with van der Waals surface area (Å²) in [5.41, 5.74) is 3.37. The number of carbonyl (C=O) groups excluding carboxylic acids is 1. The van der Waals surface area contributed by atoms with E-state index in [1.807, 2.05) is 19.1 Å². The van der Waals surface area contributed by atoms with Crippen LogP contribution in [0.3, 0.4) is 0 Å². The molecular formula is C19H27BO4. The summed E-state index contributed by atoms with van der Waals surface area (Å²) in [4.78, 5) is 12.3. The first-order valence-electron chi connectivity index (χ1n) is 8.94. The first kappa shape index (κ1) is 17.5. The molecule has 5 heteroatoms. The van der Waals surface area contributed by atoms with Gasteiger partial charge >= 0.3 is 13.1 Å². The fourth-order valence-corrected chi connectivity index (χ4v) is 3.49. The van der Waals surface area contributed by atoms with Gasteiger partial charge in [0.2, 0.25) is 0 Å². The second kappa shape index (κ2) is 6.19. The van der Waals surface area contributed by atoms with Crippen LogP contribution in [0.15, 0.2) is 12.1 Å². The predicted molar refractivity (Wildman–Crippen MR) is 94.8 cm³/mol. The molecule has 3 rings (SSSR count). The van der Waals surface area contributed by atoms with E-state index in [2.05, 4.69) is 27.7 Å². The molecule has 0 amide bonds. The molecule has 0 unspecified atom stereocenters. The van der Waals surface area contributed by atoms with E-state index in [1.165, 1.54) is 5.56 Å². The van der Waals surface area contributed by atoms with Crippen molar-refractivity contribution >= 4 is 18.6 Å². The third kappa shape index (κ3) is 2.88. The van der Waals surface area contributed by atoms with Crippen molar-refractivity contribution in [3.8, 4) is 0 Å². The summed E-state index contributed by atoms with van der Waals surface area (Å²) in [6, 6.07) is 3.86. The normalized spacial score (nSPS) is 21.5. The van der Waals surface area contributed by atoms with Crippen LogP contribution in [0.5, 0.6) is 0 Å². The summed E-state index contributed by atoms with van der Waals surface area (Å²) in [5, 5.41) is 0. The Balaban J connectivity index is 2.00. The molecule has 1 saturated heterocycles. The number of fused-ring (bicyclic) bond motifs is 1. The Morgan fingerprint density at radius 3 is 2.25 bits per heavy atom. The van der Waals surface area contributed by atoms with Crippen molar-refractivity contribution < 1.29 is 18.8 Å². The molecule has 0 saturated carbocycles. The highest BCUT2D eigenvalue weighted by Gasteiger charge is 2.52. The van der Waals surface area contributed by atoms with Crippen molar-refractivity contribution in [2.75, 3.05) is 6.61 Å². The fraction of sp³-hybridized carbons (Fsp3) is 0.632. The number of hydrogen-bond donors (Lipinski definition) is 0. The van der Waals surface area contributed by atoms with Gasteiger partial charge in [0.1, 0.15) is 0 Å². The molecule has 1 aromatic carbocycles. The molecule has 1 aliphatic carbocycles. The van der Waals surface area contributed by atoms with Gasteiger partial charge in [-0.25, -0.2) is 4.79 Å². The Kier molecular flexibility index (Phi) is 4.52. The van der Waals surface area contributed by atoms with Crippen molar-refractivity contribution in [3.63, 3.8) is 0 Å².